The standard InChI is InChI=1S/C24H37N5O.HI/c1-5-25-24(26-17-22(28(3)4)23-12-9-15-30-23)27-21-13-14-29(19(2)16-21)18-20-10-7-6-8-11-20;/h6-12,15,19,21-22H,5,13-14,16-18H2,1-4H3,(H2,25,26,27);1H. The van der Waals surface area contributed by atoms with Crippen molar-refractivity contribution in [3.63, 3.8) is 0 Å². The molecule has 1 aliphatic heterocycles. The maximum atomic E-state index is 5.62. The average molecular weight is 540 g/mol. The van der Waals surface area contributed by atoms with Crippen LogP contribution in [0, 0.1) is 0 Å². The molecule has 1 aromatic carbocycles. The molecule has 3 rings (SSSR count). The maximum absolute atomic E-state index is 5.62. The number of guanidine groups is 1. The molecule has 0 amide bonds. The van der Waals surface area contributed by atoms with Gasteiger partial charge in [0.05, 0.1) is 18.8 Å². The molecule has 0 bridgehead atoms. The zero-order valence-corrected chi connectivity index (χ0v) is 21.6. The molecule has 3 atom stereocenters. The first kappa shape index (κ1) is 25.7. The molecule has 172 valence electrons. The fourth-order valence-electron chi connectivity index (χ4n) is 4.08. The highest BCUT2D eigenvalue weighted by molar-refractivity contribution is 14.0. The van der Waals surface area contributed by atoms with E-state index in [9.17, 15) is 0 Å². The summed E-state index contributed by atoms with van der Waals surface area (Å²) in [5, 5.41) is 7.09. The zero-order valence-electron chi connectivity index (χ0n) is 19.3. The summed E-state index contributed by atoms with van der Waals surface area (Å²) in [6.45, 7) is 8.06. The van der Waals surface area contributed by atoms with Gasteiger partial charge in [0.2, 0.25) is 0 Å². The zero-order chi connectivity index (χ0) is 21.3. The van der Waals surface area contributed by atoms with Crippen molar-refractivity contribution in [3.05, 3.63) is 60.1 Å². The summed E-state index contributed by atoms with van der Waals surface area (Å²) in [5.41, 5.74) is 1.39. The van der Waals surface area contributed by atoms with Crippen LogP contribution in [-0.4, -0.2) is 61.6 Å². The minimum absolute atomic E-state index is 0. The highest BCUT2D eigenvalue weighted by Crippen LogP contribution is 2.21. The average Bonchev–Trinajstić information content (AvgIpc) is 3.25. The van der Waals surface area contributed by atoms with Gasteiger partial charge in [-0.1, -0.05) is 30.3 Å². The molecule has 7 heteroatoms. The van der Waals surface area contributed by atoms with Crippen molar-refractivity contribution in [2.45, 2.75) is 51.4 Å². The Balaban J connectivity index is 0.00000341. The topological polar surface area (TPSA) is 56.0 Å². The number of rotatable bonds is 8. The molecule has 31 heavy (non-hydrogen) atoms. The number of likely N-dealkylation sites (N-methyl/N-ethyl adjacent to an activating group) is 1. The van der Waals surface area contributed by atoms with E-state index in [4.69, 9.17) is 9.41 Å². The van der Waals surface area contributed by atoms with Crippen LogP contribution in [0.5, 0.6) is 0 Å². The Bertz CT molecular complexity index is 766. The van der Waals surface area contributed by atoms with Crippen LogP contribution in [0.3, 0.4) is 0 Å². The molecule has 1 aromatic heterocycles. The Hall–Kier alpha value is -1.58. The van der Waals surface area contributed by atoms with Crippen LogP contribution in [0.1, 0.15) is 44.1 Å². The minimum atomic E-state index is 0. The van der Waals surface area contributed by atoms with E-state index < -0.39 is 0 Å². The summed E-state index contributed by atoms with van der Waals surface area (Å²) >= 11 is 0. The van der Waals surface area contributed by atoms with Crippen LogP contribution in [0.15, 0.2) is 58.1 Å². The lowest BCUT2D eigenvalue weighted by Crippen LogP contribution is -2.51. The number of hydrogen-bond acceptors (Lipinski definition) is 4. The van der Waals surface area contributed by atoms with Gasteiger partial charge in [0, 0.05) is 31.7 Å². The van der Waals surface area contributed by atoms with E-state index in [1.165, 1.54) is 5.56 Å². The summed E-state index contributed by atoms with van der Waals surface area (Å²) in [6.07, 6.45) is 3.97. The van der Waals surface area contributed by atoms with Gasteiger partial charge in [0.25, 0.3) is 0 Å². The molecule has 1 aliphatic rings. The molecule has 2 aromatic rings. The molecule has 0 aliphatic carbocycles. The lowest BCUT2D eigenvalue weighted by atomic mass is 9.97. The first-order chi connectivity index (χ1) is 14.6. The summed E-state index contributed by atoms with van der Waals surface area (Å²) in [4.78, 5) is 9.60. The number of furan rings is 1. The summed E-state index contributed by atoms with van der Waals surface area (Å²) < 4.78 is 5.62. The Labute approximate surface area is 204 Å². The van der Waals surface area contributed by atoms with Crippen molar-refractivity contribution in [2.75, 3.05) is 33.7 Å². The van der Waals surface area contributed by atoms with Gasteiger partial charge in [-0.05, 0) is 58.5 Å². The molecule has 2 heterocycles. The van der Waals surface area contributed by atoms with E-state index in [0.29, 0.717) is 18.6 Å². The Morgan fingerprint density at radius 1 is 1.23 bits per heavy atom. The predicted octanol–water partition coefficient (Wildman–Crippen LogP) is 4.11. The third kappa shape index (κ3) is 7.80. The van der Waals surface area contributed by atoms with Gasteiger partial charge in [0.1, 0.15) is 5.76 Å². The SMILES string of the molecule is CCNC(=NCC(c1ccco1)N(C)C)NC1CCN(Cc2ccccc2)C(C)C1.I. The van der Waals surface area contributed by atoms with Crippen molar-refractivity contribution in [3.8, 4) is 0 Å². The van der Waals surface area contributed by atoms with Gasteiger partial charge < -0.3 is 15.1 Å². The second-order valence-electron chi connectivity index (χ2n) is 8.39. The van der Waals surface area contributed by atoms with Gasteiger partial charge >= 0.3 is 0 Å². The first-order valence-electron chi connectivity index (χ1n) is 11.1. The Kier molecular flexibility index (Phi) is 10.8. The van der Waals surface area contributed by atoms with Crippen molar-refractivity contribution < 1.29 is 4.42 Å². The van der Waals surface area contributed by atoms with E-state index in [-0.39, 0.29) is 30.0 Å². The Morgan fingerprint density at radius 2 is 2.00 bits per heavy atom. The van der Waals surface area contributed by atoms with E-state index in [2.05, 4.69) is 78.7 Å². The van der Waals surface area contributed by atoms with Crippen LogP contribution in [0.25, 0.3) is 0 Å². The summed E-state index contributed by atoms with van der Waals surface area (Å²) in [6, 6.07) is 15.8. The third-order valence-electron chi connectivity index (χ3n) is 5.84. The van der Waals surface area contributed by atoms with Crippen molar-refractivity contribution in [1.82, 2.24) is 20.4 Å². The number of nitrogens with zero attached hydrogens (tertiary/aromatic N) is 3. The van der Waals surface area contributed by atoms with Crippen LogP contribution < -0.4 is 10.6 Å². The van der Waals surface area contributed by atoms with Crippen LogP contribution >= 0.6 is 24.0 Å². The largest absolute Gasteiger partial charge is 0.468 e. The van der Waals surface area contributed by atoms with Gasteiger partial charge in [-0.3, -0.25) is 14.8 Å². The van der Waals surface area contributed by atoms with Crippen LogP contribution in [0.4, 0.5) is 0 Å². The highest BCUT2D eigenvalue weighted by atomic mass is 127. The van der Waals surface area contributed by atoms with E-state index in [1.807, 2.05) is 12.1 Å². The highest BCUT2D eigenvalue weighted by Gasteiger charge is 2.26. The van der Waals surface area contributed by atoms with Gasteiger partial charge in [-0.2, -0.15) is 0 Å². The van der Waals surface area contributed by atoms with Crippen LogP contribution in [-0.2, 0) is 6.54 Å². The van der Waals surface area contributed by atoms with E-state index in [0.717, 1.165) is 44.2 Å². The number of nitrogens with one attached hydrogen (secondary N) is 2. The number of aliphatic imine (C=N–C) groups is 1. The van der Waals surface area contributed by atoms with Gasteiger partial charge in [-0.15, -0.1) is 24.0 Å². The molecular weight excluding hydrogens is 501 g/mol. The molecule has 0 saturated carbocycles. The predicted molar refractivity (Wildman–Crippen MR) is 139 cm³/mol. The normalized spacial score (nSPS) is 20.9. The Morgan fingerprint density at radius 3 is 2.61 bits per heavy atom. The fraction of sp³-hybridized carbons (Fsp3) is 0.542. The quantitative estimate of drug-likeness (QED) is 0.301. The second-order valence-corrected chi connectivity index (χ2v) is 8.39. The number of halogens is 1. The molecule has 1 saturated heterocycles. The van der Waals surface area contributed by atoms with E-state index >= 15 is 0 Å². The molecular formula is C24H38IN5O. The maximum Gasteiger partial charge on any atom is 0.191 e. The third-order valence-corrected chi connectivity index (χ3v) is 5.84. The van der Waals surface area contributed by atoms with Gasteiger partial charge in [-0.25, -0.2) is 0 Å². The van der Waals surface area contributed by atoms with E-state index in [1.54, 1.807) is 6.26 Å². The lowest BCUT2D eigenvalue weighted by molar-refractivity contribution is 0.134. The van der Waals surface area contributed by atoms with Gasteiger partial charge in [0.15, 0.2) is 5.96 Å². The number of likely N-dealkylation sites (tertiary alicyclic amines) is 1. The number of benzene rings is 1. The smallest absolute Gasteiger partial charge is 0.191 e. The minimum Gasteiger partial charge on any atom is -0.468 e. The summed E-state index contributed by atoms with van der Waals surface area (Å²) in [7, 11) is 4.13. The molecule has 6 nitrogen and oxygen atoms in total. The molecule has 1 fully saturated rings. The first-order valence-corrected chi connectivity index (χ1v) is 11.1. The van der Waals surface area contributed by atoms with Crippen molar-refractivity contribution >= 4 is 29.9 Å². The van der Waals surface area contributed by atoms with Crippen LogP contribution in [0.2, 0.25) is 0 Å². The summed E-state index contributed by atoms with van der Waals surface area (Å²) in [5.74, 6) is 1.84. The molecule has 0 spiro atoms. The van der Waals surface area contributed by atoms with Crippen molar-refractivity contribution in [2.24, 2.45) is 4.99 Å². The fourth-order valence-corrected chi connectivity index (χ4v) is 4.08. The monoisotopic (exact) mass is 539 g/mol. The molecule has 3 unspecified atom stereocenters. The molecule has 0 radical (unpaired) electrons. The van der Waals surface area contributed by atoms with Crippen molar-refractivity contribution in [1.29, 1.82) is 0 Å². The molecule has 2 N–H and O–H groups in total. The number of piperidine rings is 1. The second kappa shape index (κ2) is 13.1. The number of hydrogen-bond donors (Lipinski definition) is 2. The lowest BCUT2D eigenvalue weighted by Gasteiger charge is -2.38.